The monoisotopic (exact) mass is 268 g/mol. The maximum Gasteiger partial charge on any atom is 0.373 e. The first-order valence-corrected chi connectivity index (χ1v) is 6.72. The van der Waals surface area contributed by atoms with Gasteiger partial charge in [-0.05, 0) is 51.2 Å². The molecule has 0 aliphatic heterocycles. The van der Waals surface area contributed by atoms with Gasteiger partial charge in [0, 0.05) is 0 Å². The number of hydrogen-bond donors (Lipinski definition) is 0. The van der Waals surface area contributed by atoms with Crippen molar-refractivity contribution in [2.45, 2.75) is 6.92 Å². The lowest BCUT2D eigenvalue weighted by molar-refractivity contribution is -0.191. The lowest BCUT2D eigenvalue weighted by atomic mass is 9.97. The van der Waals surface area contributed by atoms with Crippen LogP contribution in [0.4, 0.5) is 0 Å². The van der Waals surface area contributed by atoms with Gasteiger partial charge in [0.25, 0.3) is 0 Å². The molecule has 94 valence electrons. The van der Waals surface area contributed by atoms with E-state index in [-0.39, 0.29) is 6.15 Å². The van der Waals surface area contributed by atoms with Gasteiger partial charge in [-0.3, -0.25) is 0 Å². The van der Waals surface area contributed by atoms with Crippen LogP contribution in [0.2, 0.25) is 0 Å². The van der Waals surface area contributed by atoms with Crippen molar-refractivity contribution in [1.82, 2.24) is 0 Å². The lowest BCUT2D eigenvalue weighted by Gasteiger charge is -2.07. The Morgan fingerprint density at radius 1 is 1.00 bits per heavy atom. The van der Waals surface area contributed by atoms with Crippen LogP contribution >= 0.6 is 11.3 Å². The highest BCUT2D eigenvalue weighted by atomic mass is 32.1. The second-order valence-corrected chi connectivity index (χ2v) is 4.83. The Kier molecular flexibility index (Phi) is 4.24. The minimum absolute atomic E-state index is 0.250. The largest absolute Gasteiger partial charge is 0.373 e. The number of hydrogen-bond acceptors (Lipinski definition) is 3. The summed E-state index contributed by atoms with van der Waals surface area (Å²) in [5.41, 5.74) is 4.05. The van der Waals surface area contributed by atoms with E-state index in [9.17, 15) is 0 Å². The Balaban J connectivity index is 0.000000408. The summed E-state index contributed by atoms with van der Waals surface area (Å²) >= 11 is 1.75. The molecular formula is C16H12O2S. The Morgan fingerprint density at radius 3 is 2.42 bits per heavy atom. The molecular weight excluding hydrogens is 256 g/mol. The van der Waals surface area contributed by atoms with Gasteiger partial charge >= 0.3 is 6.15 Å². The summed E-state index contributed by atoms with van der Waals surface area (Å²) in [4.78, 5) is 16.2. The van der Waals surface area contributed by atoms with Crippen molar-refractivity contribution in [3.05, 3.63) is 58.8 Å². The fourth-order valence-corrected chi connectivity index (χ4v) is 2.81. The zero-order chi connectivity index (χ0) is 13.7. The fourth-order valence-electron chi connectivity index (χ4n) is 2.16. The molecule has 0 atom stereocenters. The average molecular weight is 268 g/mol. The minimum atomic E-state index is 0.250. The first-order chi connectivity index (χ1) is 9.27. The van der Waals surface area contributed by atoms with Crippen LogP contribution in [0.15, 0.2) is 53.2 Å². The molecule has 0 fully saturated rings. The lowest BCUT2D eigenvalue weighted by Crippen LogP contribution is -1.83. The van der Waals surface area contributed by atoms with Gasteiger partial charge in [0.15, 0.2) is 0 Å². The van der Waals surface area contributed by atoms with E-state index in [4.69, 9.17) is 9.59 Å². The van der Waals surface area contributed by atoms with E-state index in [0.29, 0.717) is 0 Å². The third-order valence-corrected chi connectivity index (χ3v) is 3.71. The number of aryl methyl sites for hydroxylation is 1. The number of carbonyl (C=O) groups excluding carboxylic acids is 2. The summed E-state index contributed by atoms with van der Waals surface area (Å²) < 4.78 is 0. The Morgan fingerprint density at radius 2 is 1.74 bits per heavy atom. The van der Waals surface area contributed by atoms with E-state index in [0.717, 1.165) is 0 Å². The third kappa shape index (κ3) is 2.79. The van der Waals surface area contributed by atoms with Crippen LogP contribution < -0.4 is 0 Å². The molecule has 1 heterocycles. The smallest absolute Gasteiger partial charge is 0.186 e. The van der Waals surface area contributed by atoms with Crippen molar-refractivity contribution >= 4 is 28.3 Å². The van der Waals surface area contributed by atoms with Crippen LogP contribution in [0.5, 0.6) is 0 Å². The maximum atomic E-state index is 8.12. The highest BCUT2D eigenvalue weighted by molar-refractivity contribution is 7.08. The van der Waals surface area contributed by atoms with Gasteiger partial charge in [-0.25, -0.2) is 0 Å². The van der Waals surface area contributed by atoms with Crippen LogP contribution in [0.25, 0.3) is 21.9 Å². The molecule has 2 aromatic carbocycles. The molecule has 0 aliphatic carbocycles. The first-order valence-electron chi connectivity index (χ1n) is 5.78. The number of thiophene rings is 1. The molecule has 0 bridgehead atoms. The van der Waals surface area contributed by atoms with Crippen molar-refractivity contribution in [1.29, 1.82) is 0 Å². The quantitative estimate of drug-likeness (QED) is 0.659. The van der Waals surface area contributed by atoms with Crippen molar-refractivity contribution < 1.29 is 9.59 Å². The Bertz CT molecular complexity index is 709. The van der Waals surface area contributed by atoms with Crippen molar-refractivity contribution in [3.63, 3.8) is 0 Å². The predicted molar refractivity (Wildman–Crippen MR) is 77.0 cm³/mol. The van der Waals surface area contributed by atoms with E-state index >= 15 is 0 Å². The molecule has 0 aliphatic rings. The Labute approximate surface area is 115 Å². The molecule has 3 aromatic rings. The molecule has 0 saturated carbocycles. The topological polar surface area (TPSA) is 34.1 Å². The molecule has 0 spiro atoms. The fraction of sp³-hybridized carbons (Fsp3) is 0.0625. The highest BCUT2D eigenvalue weighted by Crippen LogP contribution is 2.30. The molecule has 2 nitrogen and oxygen atoms in total. The van der Waals surface area contributed by atoms with Crippen LogP contribution in [-0.4, -0.2) is 6.15 Å². The number of rotatable bonds is 1. The van der Waals surface area contributed by atoms with Crippen molar-refractivity contribution in [3.8, 4) is 11.1 Å². The third-order valence-electron chi connectivity index (χ3n) is 3.03. The summed E-state index contributed by atoms with van der Waals surface area (Å²) in [6.07, 6.45) is 0.250. The molecule has 0 saturated heterocycles. The van der Waals surface area contributed by atoms with Gasteiger partial charge in [0.1, 0.15) is 0 Å². The van der Waals surface area contributed by atoms with Crippen LogP contribution in [0.3, 0.4) is 0 Å². The number of fused-ring (bicyclic) bond motifs is 1. The van der Waals surface area contributed by atoms with E-state index in [1.807, 2.05) is 0 Å². The summed E-state index contributed by atoms with van der Waals surface area (Å²) in [6, 6.07) is 15.2. The summed E-state index contributed by atoms with van der Waals surface area (Å²) in [6.45, 7) is 2.20. The number of benzene rings is 2. The molecule has 19 heavy (non-hydrogen) atoms. The molecule has 0 unspecified atom stereocenters. The van der Waals surface area contributed by atoms with Crippen LogP contribution in [-0.2, 0) is 9.59 Å². The standard InChI is InChI=1S/C15H12S.CO2/c1-11-14-5-3-2-4-12(14)6-7-15(11)13-8-9-16-10-13;2-1-3/h2-10H,1H3;. The molecule has 0 amide bonds. The highest BCUT2D eigenvalue weighted by Gasteiger charge is 2.05. The zero-order valence-electron chi connectivity index (χ0n) is 10.4. The first kappa shape index (κ1) is 13.2. The van der Waals surface area contributed by atoms with Gasteiger partial charge in [-0.15, -0.1) is 0 Å². The van der Waals surface area contributed by atoms with Crippen molar-refractivity contribution in [2.75, 3.05) is 0 Å². The molecule has 3 heteroatoms. The van der Waals surface area contributed by atoms with E-state index in [1.165, 1.54) is 27.5 Å². The maximum absolute atomic E-state index is 8.12. The van der Waals surface area contributed by atoms with E-state index in [1.54, 1.807) is 11.3 Å². The van der Waals surface area contributed by atoms with Gasteiger partial charge in [-0.1, -0.05) is 36.4 Å². The van der Waals surface area contributed by atoms with E-state index in [2.05, 4.69) is 60.1 Å². The summed E-state index contributed by atoms with van der Waals surface area (Å²) in [7, 11) is 0. The van der Waals surface area contributed by atoms with E-state index < -0.39 is 0 Å². The second-order valence-electron chi connectivity index (χ2n) is 4.05. The summed E-state index contributed by atoms with van der Waals surface area (Å²) in [5, 5.41) is 7.01. The van der Waals surface area contributed by atoms with Crippen molar-refractivity contribution in [2.24, 2.45) is 0 Å². The molecule has 1 aromatic heterocycles. The average Bonchev–Trinajstić information content (AvgIpc) is 2.94. The van der Waals surface area contributed by atoms with Gasteiger partial charge < -0.3 is 0 Å². The van der Waals surface area contributed by atoms with Gasteiger partial charge in [-0.2, -0.15) is 20.9 Å². The second kappa shape index (κ2) is 6.10. The summed E-state index contributed by atoms with van der Waals surface area (Å²) in [5.74, 6) is 0. The predicted octanol–water partition coefficient (Wildman–Crippen LogP) is 4.29. The normalized spacial score (nSPS) is 9.53. The SMILES string of the molecule is Cc1c(-c2ccsc2)ccc2ccccc12.O=C=O. The molecule has 3 rings (SSSR count). The molecule has 0 N–H and O–H groups in total. The Hall–Kier alpha value is -2.22. The molecule has 0 radical (unpaired) electrons. The van der Waals surface area contributed by atoms with Gasteiger partial charge in [0.05, 0.1) is 0 Å². The van der Waals surface area contributed by atoms with Crippen LogP contribution in [0.1, 0.15) is 5.56 Å². The van der Waals surface area contributed by atoms with Gasteiger partial charge in [0.2, 0.25) is 0 Å². The minimum Gasteiger partial charge on any atom is -0.186 e. The zero-order valence-corrected chi connectivity index (χ0v) is 11.2. The van der Waals surface area contributed by atoms with Crippen LogP contribution in [0, 0.1) is 6.92 Å².